The summed E-state index contributed by atoms with van der Waals surface area (Å²) in [6, 6.07) is 0. The Kier molecular flexibility index (Phi) is 10.7. The maximum absolute atomic E-state index is 11.1. The molecule has 1 aliphatic rings. The van der Waals surface area contributed by atoms with E-state index >= 15 is 0 Å². The van der Waals surface area contributed by atoms with Crippen LogP contribution in [0, 0.1) is 0 Å². The number of carbonyl (C=O) groups is 1. The van der Waals surface area contributed by atoms with Gasteiger partial charge >= 0.3 is 0 Å². The van der Waals surface area contributed by atoms with Crippen LogP contribution in [0.4, 0.5) is 0 Å². The molecule has 0 aliphatic carbocycles. The number of carbonyl (C=O) groups excluding carboxylic acids is 1. The number of piperazine rings is 1. The number of hydrogen-bond acceptors (Lipinski definition) is 2. The molecule has 73 valence electrons. The van der Waals surface area contributed by atoms with Gasteiger partial charge in [0.15, 0.2) is 0 Å². The van der Waals surface area contributed by atoms with Crippen LogP contribution in [0.2, 0.25) is 0 Å². The molecule has 0 aromatic heterocycles. The fourth-order valence-electron chi connectivity index (χ4n) is 1.16. The van der Waals surface area contributed by atoms with E-state index in [1.54, 1.807) is 0 Å². The van der Waals surface area contributed by atoms with Crippen molar-refractivity contribution in [2.75, 3.05) is 33.2 Å². The molecule has 1 aliphatic heterocycles. The monoisotopic (exact) mass is 259 g/mol. The SMILES string of the molecule is C=C.CCN1CCN(C)CC1=O.[Y]. The largest absolute Gasteiger partial charge is 0.341 e. The van der Waals surface area contributed by atoms with E-state index in [0.717, 1.165) is 19.6 Å². The van der Waals surface area contributed by atoms with Gasteiger partial charge in [0.05, 0.1) is 6.54 Å². The van der Waals surface area contributed by atoms with Gasteiger partial charge < -0.3 is 4.90 Å². The van der Waals surface area contributed by atoms with Crippen LogP contribution in [0.15, 0.2) is 13.2 Å². The molecular weight excluding hydrogens is 241 g/mol. The van der Waals surface area contributed by atoms with Gasteiger partial charge in [-0.3, -0.25) is 9.69 Å². The van der Waals surface area contributed by atoms with E-state index < -0.39 is 0 Å². The minimum Gasteiger partial charge on any atom is -0.341 e. The van der Waals surface area contributed by atoms with E-state index in [4.69, 9.17) is 0 Å². The molecule has 13 heavy (non-hydrogen) atoms. The van der Waals surface area contributed by atoms with Crippen molar-refractivity contribution in [3.63, 3.8) is 0 Å². The molecule has 0 saturated carbocycles. The van der Waals surface area contributed by atoms with Crippen molar-refractivity contribution in [1.82, 2.24) is 9.80 Å². The van der Waals surface area contributed by atoms with Gasteiger partial charge in [-0.1, -0.05) is 0 Å². The number of likely N-dealkylation sites (N-methyl/N-ethyl adjacent to an activating group) is 2. The molecule has 1 fully saturated rings. The third kappa shape index (κ3) is 5.55. The number of amides is 1. The second kappa shape index (κ2) is 8.85. The first-order chi connectivity index (χ1) is 5.74. The first kappa shape index (κ1) is 15.7. The second-order valence-electron chi connectivity index (χ2n) is 2.71. The molecule has 4 heteroatoms. The van der Waals surface area contributed by atoms with Crippen molar-refractivity contribution in [1.29, 1.82) is 0 Å². The predicted molar refractivity (Wildman–Crippen MR) is 51.0 cm³/mol. The van der Waals surface area contributed by atoms with E-state index in [2.05, 4.69) is 18.1 Å². The molecule has 1 rings (SSSR count). The Morgan fingerprint density at radius 1 is 1.38 bits per heavy atom. The van der Waals surface area contributed by atoms with E-state index in [0.29, 0.717) is 6.54 Å². The zero-order valence-corrected chi connectivity index (χ0v) is 11.5. The summed E-state index contributed by atoms with van der Waals surface area (Å²) in [5.41, 5.74) is 0. The molecule has 0 aromatic rings. The van der Waals surface area contributed by atoms with E-state index in [1.807, 2.05) is 18.9 Å². The van der Waals surface area contributed by atoms with Crippen LogP contribution in [0.25, 0.3) is 0 Å². The molecule has 0 atom stereocenters. The van der Waals surface area contributed by atoms with Crippen LogP contribution in [-0.4, -0.2) is 48.9 Å². The molecular formula is C9H18N2OY. The number of nitrogens with zero attached hydrogens (tertiary/aromatic N) is 2. The average Bonchev–Trinajstić information content (AvgIpc) is 2.08. The standard InChI is InChI=1S/C7H14N2O.C2H4.Y/c1-3-9-5-4-8(2)6-7(9)10;1-2;/h3-6H2,1-2H3;1-2H2;. The second-order valence-corrected chi connectivity index (χ2v) is 2.71. The molecule has 0 spiro atoms. The first-order valence-electron chi connectivity index (χ1n) is 4.20. The van der Waals surface area contributed by atoms with Crippen LogP contribution in [0.3, 0.4) is 0 Å². The van der Waals surface area contributed by atoms with Crippen molar-refractivity contribution in [2.45, 2.75) is 6.92 Å². The molecule has 0 unspecified atom stereocenters. The zero-order chi connectivity index (χ0) is 9.56. The van der Waals surface area contributed by atoms with Crippen molar-refractivity contribution in [2.24, 2.45) is 0 Å². The smallest absolute Gasteiger partial charge is 0.236 e. The van der Waals surface area contributed by atoms with Crippen LogP contribution >= 0.6 is 0 Å². The summed E-state index contributed by atoms with van der Waals surface area (Å²) in [6.07, 6.45) is 0. The van der Waals surface area contributed by atoms with Crippen LogP contribution < -0.4 is 0 Å². The van der Waals surface area contributed by atoms with Gasteiger partial charge in [0.25, 0.3) is 0 Å². The third-order valence-electron chi connectivity index (χ3n) is 1.89. The quantitative estimate of drug-likeness (QED) is 0.643. The van der Waals surface area contributed by atoms with Crippen molar-refractivity contribution >= 4 is 5.91 Å². The van der Waals surface area contributed by atoms with Gasteiger partial charge in [-0.25, -0.2) is 0 Å². The van der Waals surface area contributed by atoms with Crippen molar-refractivity contribution in [3.8, 4) is 0 Å². The molecule has 1 radical (unpaired) electrons. The van der Waals surface area contributed by atoms with Gasteiger partial charge in [-0.05, 0) is 14.0 Å². The van der Waals surface area contributed by atoms with Gasteiger partial charge in [-0.2, -0.15) is 0 Å². The first-order valence-corrected chi connectivity index (χ1v) is 4.20. The Morgan fingerprint density at radius 3 is 2.31 bits per heavy atom. The van der Waals surface area contributed by atoms with Crippen molar-refractivity contribution in [3.05, 3.63) is 13.2 Å². The Labute approximate surface area is 106 Å². The fraction of sp³-hybridized carbons (Fsp3) is 0.667. The summed E-state index contributed by atoms with van der Waals surface area (Å²) < 4.78 is 0. The van der Waals surface area contributed by atoms with Gasteiger partial charge in [-0.15, -0.1) is 13.2 Å². The maximum atomic E-state index is 11.1. The molecule has 3 nitrogen and oxygen atoms in total. The summed E-state index contributed by atoms with van der Waals surface area (Å²) in [5.74, 6) is 0.260. The van der Waals surface area contributed by atoms with Gasteiger partial charge in [0.1, 0.15) is 0 Å². The molecule has 0 aromatic carbocycles. The Balaban J connectivity index is 0. The molecule has 0 bridgehead atoms. The van der Waals surface area contributed by atoms with Crippen LogP contribution in [0.5, 0.6) is 0 Å². The molecule has 1 heterocycles. The minimum absolute atomic E-state index is 0. The predicted octanol–water partition coefficient (Wildman–Crippen LogP) is 0.580. The summed E-state index contributed by atoms with van der Waals surface area (Å²) in [7, 11) is 1.98. The van der Waals surface area contributed by atoms with Crippen LogP contribution in [-0.2, 0) is 37.5 Å². The molecule has 1 amide bonds. The van der Waals surface area contributed by atoms with Crippen molar-refractivity contribution < 1.29 is 37.5 Å². The van der Waals surface area contributed by atoms with E-state index in [-0.39, 0.29) is 38.6 Å². The molecule has 1 saturated heterocycles. The Hall–Kier alpha value is 0.274. The summed E-state index contributed by atoms with van der Waals surface area (Å²) >= 11 is 0. The maximum Gasteiger partial charge on any atom is 0.236 e. The topological polar surface area (TPSA) is 23.6 Å². The zero-order valence-electron chi connectivity index (χ0n) is 8.62. The Bertz CT molecular complexity index is 153. The Morgan fingerprint density at radius 2 is 1.92 bits per heavy atom. The summed E-state index contributed by atoms with van der Waals surface area (Å²) in [5, 5.41) is 0. The minimum atomic E-state index is 0. The fourth-order valence-corrected chi connectivity index (χ4v) is 1.16. The van der Waals surface area contributed by atoms with Gasteiger partial charge in [0, 0.05) is 52.3 Å². The van der Waals surface area contributed by atoms with E-state index in [9.17, 15) is 4.79 Å². The molecule has 0 N–H and O–H groups in total. The normalized spacial score (nSPS) is 17.1. The van der Waals surface area contributed by atoms with Crippen LogP contribution in [0.1, 0.15) is 6.92 Å². The number of rotatable bonds is 1. The third-order valence-corrected chi connectivity index (χ3v) is 1.89. The van der Waals surface area contributed by atoms with Gasteiger partial charge in [0.2, 0.25) is 5.91 Å². The number of hydrogen-bond donors (Lipinski definition) is 0. The van der Waals surface area contributed by atoms with E-state index in [1.165, 1.54) is 0 Å². The average molecular weight is 259 g/mol. The summed E-state index contributed by atoms with van der Waals surface area (Å²) in [4.78, 5) is 15.1. The summed E-state index contributed by atoms with van der Waals surface area (Å²) in [6.45, 7) is 11.4.